The molecule has 0 unspecified atom stereocenters. The molecule has 10 heteroatoms. The summed E-state index contributed by atoms with van der Waals surface area (Å²) in [5.41, 5.74) is 4.85. The summed E-state index contributed by atoms with van der Waals surface area (Å²) < 4.78 is 11.9. The third-order valence-corrected chi connectivity index (χ3v) is 5.83. The van der Waals surface area contributed by atoms with E-state index >= 15 is 0 Å². The van der Waals surface area contributed by atoms with Gasteiger partial charge in [-0.05, 0) is 60.0 Å². The van der Waals surface area contributed by atoms with Gasteiger partial charge in [-0.1, -0.05) is 23.2 Å². The Kier molecular flexibility index (Phi) is 6.64. The van der Waals surface area contributed by atoms with Crippen molar-refractivity contribution in [2.24, 2.45) is 5.10 Å². The minimum atomic E-state index is -0.676. The fraction of sp³-hybridized carbons (Fsp3) is 0.182. The van der Waals surface area contributed by atoms with E-state index in [0.29, 0.717) is 50.5 Å². The number of hydrazone groups is 1. The average molecular weight is 537 g/mol. The van der Waals surface area contributed by atoms with Crippen molar-refractivity contribution in [2.75, 3.05) is 0 Å². The van der Waals surface area contributed by atoms with Gasteiger partial charge in [0.1, 0.15) is 11.5 Å². The number of benzene rings is 1. The lowest BCUT2D eigenvalue weighted by atomic mass is 9.93. The molecule has 0 spiro atoms. The molecule has 3 aromatic rings. The Morgan fingerprint density at radius 1 is 1.22 bits per heavy atom. The Morgan fingerprint density at radius 3 is 2.78 bits per heavy atom. The summed E-state index contributed by atoms with van der Waals surface area (Å²) in [6.45, 7) is 1.75. The van der Waals surface area contributed by atoms with Crippen molar-refractivity contribution in [2.45, 2.75) is 26.2 Å². The predicted molar refractivity (Wildman–Crippen MR) is 124 cm³/mol. The second kappa shape index (κ2) is 9.44. The van der Waals surface area contributed by atoms with Crippen LogP contribution in [0, 0.1) is 6.92 Å². The fourth-order valence-corrected chi connectivity index (χ4v) is 4.21. The van der Waals surface area contributed by atoms with Crippen molar-refractivity contribution in [3.63, 3.8) is 0 Å². The third-order valence-electron chi connectivity index (χ3n) is 4.87. The number of hydrogen-bond donors (Lipinski definition) is 1. The van der Waals surface area contributed by atoms with Gasteiger partial charge in [0.05, 0.1) is 16.3 Å². The monoisotopic (exact) mass is 535 g/mol. The SMILES string of the molecule is Cc1c(C(=O)Oc2ccc(Cl)cc2Cl)oc2c1/C(=N/NC(=O)c1cncc(Br)c1)CCC2. The van der Waals surface area contributed by atoms with E-state index in [-0.39, 0.29) is 16.5 Å². The lowest BCUT2D eigenvalue weighted by molar-refractivity contribution is 0.0698. The van der Waals surface area contributed by atoms with Crippen molar-refractivity contribution in [1.29, 1.82) is 0 Å². The molecule has 1 aliphatic rings. The maximum Gasteiger partial charge on any atom is 0.379 e. The quantitative estimate of drug-likeness (QED) is 0.260. The second-order valence-corrected chi connectivity index (χ2v) is 8.82. The average Bonchev–Trinajstić information content (AvgIpc) is 3.11. The maximum absolute atomic E-state index is 12.8. The van der Waals surface area contributed by atoms with Gasteiger partial charge in [-0.3, -0.25) is 9.78 Å². The molecule has 1 aromatic carbocycles. The molecule has 0 atom stereocenters. The molecule has 0 saturated carbocycles. The number of carbonyl (C=O) groups excluding carboxylic acids is 2. The topological polar surface area (TPSA) is 93.8 Å². The minimum Gasteiger partial charge on any atom is -0.453 e. The van der Waals surface area contributed by atoms with Crippen molar-refractivity contribution in [3.05, 3.63) is 79.4 Å². The van der Waals surface area contributed by atoms with Gasteiger partial charge in [0.25, 0.3) is 5.91 Å². The third kappa shape index (κ3) is 4.72. The first-order valence-corrected chi connectivity index (χ1v) is 11.2. The molecule has 1 N–H and O–H groups in total. The molecule has 0 fully saturated rings. The second-order valence-electron chi connectivity index (χ2n) is 7.06. The number of carbonyl (C=O) groups is 2. The summed E-state index contributed by atoms with van der Waals surface area (Å²) in [6, 6.07) is 6.22. The van der Waals surface area contributed by atoms with Gasteiger partial charge in [-0.2, -0.15) is 5.10 Å². The molecule has 7 nitrogen and oxygen atoms in total. The van der Waals surface area contributed by atoms with E-state index in [0.717, 1.165) is 6.42 Å². The highest BCUT2D eigenvalue weighted by Crippen LogP contribution is 2.32. The summed E-state index contributed by atoms with van der Waals surface area (Å²) >= 11 is 15.3. The van der Waals surface area contributed by atoms with E-state index in [4.69, 9.17) is 32.4 Å². The van der Waals surface area contributed by atoms with Crippen LogP contribution in [0.1, 0.15) is 50.6 Å². The number of pyridine rings is 1. The lowest BCUT2D eigenvalue weighted by Crippen LogP contribution is -2.22. The largest absolute Gasteiger partial charge is 0.453 e. The minimum absolute atomic E-state index is 0.0677. The zero-order valence-electron chi connectivity index (χ0n) is 16.7. The lowest BCUT2D eigenvalue weighted by Gasteiger charge is -2.13. The molecular formula is C22H16BrCl2N3O4. The number of furan rings is 1. The van der Waals surface area contributed by atoms with Crippen LogP contribution in [0.5, 0.6) is 5.75 Å². The van der Waals surface area contributed by atoms with E-state index in [1.807, 2.05) is 0 Å². The highest BCUT2D eigenvalue weighted by molar-refractivity contribution is 9.10. The number of amides is 1. The van der Waals surface area contributed by atoms with Crippen LogP contribution in [0.3, 0.4) is 0 Å². The van der Waals surface area contributed by atoms with Crippen LogP contribution in [0.4, 0.5) is 0 Å². The molecule has 0 saturated heterocycles. The van der Waals surface area contributed by atoms with Crippen LogP contribution in [-0.4, -0.2) is 22.6 Å². The number of hydrogen-bond acceptors (Lipinski definition) is 6. The Hall–Kier alpha value is -2.68. The van der Waals surface area contributed by atoms with Crippen LogP contribution in [-0.2, 0) is 6.42 Å². The highest BCUT2D eigenvalue weighted by atomic mass is 79.9. The smallest absolute Gasteiger partial charge is 0.379 e. The van der Waals surface area contributed by atoms with E-state index < -0.39 is 11.9 Å². The van der Waals surface area contributed by atoms with E-state index in [2.05, 4.69) is 31.4 Å². The summed E-state index contributed by atoms with van der Waals surface area (Å²) in [5.74, 6) is -0.196. The van der Waals surface area contributed by atoms with Gasteiger partial charge in [0.2, 0.25) is 5.76 Å². The summed E-state index contributed by atoms with van der Waals surface area (Å²) in [5, 5.41) is 4.94. The molecule has 2 aromatic heterocycles. The molecule has 4 rings (SSSR count). The van der Waals surface area contributed by atoms with E-state index in [1.54, 1.807) is 25.3 Å². The standard InChI is InChI=1S/C22H16BrCl2N3O4/c1-11-19-16(27-28-21(29)12-7-13(23)10-26-9-12)3-2-4-18(19)31-20(11)22(30)32-17-6-5-14(24)8-15(17)25/h5-10H,2-4H2,1H3,(H,28,29)/b27-16+. The number of nitrogens with zero attached hydrogens (tertiary/aromatic N) is 2. The molecule has 0 bridgehead atoms. The number of aryl methyl sites for hydroxylation is 1. The Labute approximate surface area is 201 Å². The zero-order valence-corrected chi connectivity index (χ0v) is 19.8. The molecule has 2 heterocycles. The zero-order chi connectivity index (χ0) is 22.8. The summed E-state index contributed by atoms with van der Waals surface area (Å²) in [6.07, 6.45) is 5.08. The highest BCUT2D eigenvalue weighted by Gasteiger charge is 2.29. The van der Waals surface area contributed by atoms with Crippen molar-refractivity contribution >= 4 is 56.7 Å². The van der Waals surface area contributed by atoms with E-state index in [1.165, 1.54) is 18.3 Å². The number of nitrogens with one attached hydrogen (secondary N) is 1. The molecule has 1 amide bonds. The molecule has 0 aliphatic heterocycles. The van der Waals surface area contributed by atoms with Crippen LogP contribution < -0.4 is 10.2 Å². The van der Waals surface area contributed by atoms with Crippen LogP contribution in [0.25, 0.3) is 0 Å². The normalized spacial score (nSPS) is 14.2. The van der Waals surface area contributed by atoms with Gasteiger partial charge in [0.15, 0.2) is 0 Å². The first-order valence-electron chi connectivity index (χ1n) is 9.61. The summed E-state index contributed by atoms with van der Waals surface area (Å²) in [4.78, 5) is 29.1. The van der Waals surface area contributed by atoms with Crippen LogP contribution in [0.2, 0.25) is 10.0 Å². The van der Waals surface area contributed by atoms with Gasteiger partial charge in [-0.15, -0.1) is 0 Å². The number of esters is 1. The first kappa shape index (κ1) is 22.5. The number of fused-ring (bicyclic) bond motifs is 1. The van der Waals surface area contributed by atoms with Crippen molar-refractivity contribution in [1.82, 2.24) is 10.4 Å². The molecular weight excluding hydrogens is 521 g/mol. The van der Waals surface area contributed by atoms with Crippen molar-refractivity contribution in [3.8, 4) is 5.75 Å². The Balaban J connectivity index is 1.57. The first-order chi connectivity index (χ1) is 15.3. The number of halogens is 3. The van der Waals surface area contributed by atoms with Gasteiger partial charge < -0.3 is 9.15 Å². The molecule has 1 aliphatic carbocycles. The Morgan fingerprint density at radius 2 is 2.03 bits per heavy atom. The van der Waals surface area contributed by atoms with Gasteiger partial charge >= 0.3 is 5.97 Å². The van der Waals surface area contributed by atoms with Crippen molar-refractivity contribution < 1.29 is 18.7 Å². The number of ether oxygens (including phenoxy) is 1. The number of aromatic nitrogens is 1. The molecule has 0 radical (unpaired) electrons. The number of rotatable bonds is 4. The van der Waals surface area contributed by atoms with E-state index in [9.17, 15) is 9.59 Å². The maximum atomic E-state index is 12.8. The summed E-state index contributed by atoms with van der Waals surface area (Å²) in [7, 11) is 0. The van der Waals surface area contributed by atoms with Crippen LogP contribution in [0.15, 0.2) is 50.7 Å². The Bertz CT molecular complexity index is 1260. The molecule has 164 valence electrons. The van der Waals surface area contributed by atoms with Gasteiger partial charge in [0, 0.05) is 39.4 Å². The van der Waals surface area contributed by atoms with Crippen LogP contribution >= 0.6 is 39.1 Å². The van der Waals surface area contributed by atoms with Gasteiger partial charge in [-0.25, -0.2) is 10.2 Å². The predicted octanol–water partition coefficient (Wildman–Crippen LogP) is 5.74. The fourth-order valence-electron chi connectivity index (χ4n) is 3.40. The molecule has 32 heavy (non-hydrogen) atoms.